The Hall–Kier alpha value is -2.97. The fraction of sp³-hybridized carbons (Fsp3) is 0.444. The van der Waals surface area contributed by atoms with Gasteiger partial charge in [-0.25, -0.2) is 18.9 Å². The number of rotatable bonds is 4. The Kier molecular flexibility index (Phi) is 5.38. The number of carbonyl (C=O) groups excluding carboxylic acids is 2. The molecule has 2 aromatic rings. The number of primary amides is 1. The second-order valence-electron chi connectivity index (χ2n) is 6.86. The first-order valence-corrected chi connectivity index (χ1v) is 8.81. The molecule has 0 radical (unpaired) electrons. The van der Waals surface area contributed by atoms with E-state index in [2.05, 4.69) is 10.1 Å². The van der Waals surface area contributed by atoms with E-state index in [-0.39, 0.29) is 24.2 Å². The molecule has 8 nitrogen and oxygen atoms in total. The summed E-state index contributed by atoms with van der Waals surface area (Å²) in [5.41, 5.74) is 5.81. The number of nitrogens with zero attached hydrogens (tertiary/aromatic N) is 5. The molecule has 1 aliphatic rings. The molecule has 0 aliphatic carbocycles. The van der Waals surface area contributed by atoms with E-state index in [4.69, 9.17) is 5.73 Å². The predicted molar refractivity (Wildman–Crippen MR) is 96.8 cm³/mol. The molecule has 1 saturated heterocycles. The van der Waals surface area contributed by atoms with Crippen molar-refractivity contribution in [1.82, 2.24) is 24.6 Å². The van der Waals surface area contributed by atoms with Gasteiger partial charge in [-0.05, 0) is 31.0 Å². The molecule has 0 unspecified atom stereocenters. The summed E-state index contributed by atoms with van der Waals surface area (Å²) in [6.45, 7) is 1.20. The highest BCUT2D eigenvalue weighted by Crippen LogP contribution is 2.29. The van der Waals surface area contributed by atoms with Crippen LogP contribution in [0.15, 0.2) is 24.3 Å². The molecule has 3 amide bonds. The summed E-state index contributed by atoms with van der Waals surface area (Å²) < 4.78 is 15.3. The van der Waals surface area contributed by atoms with E-state index in [1.165, 1.54) is 12.1 Å². The van der Waals surface area contributed by atoms with Gasteiger partial charge in [-0.1, -0.05) is 6.07 Å². The third-order valence-corrected chi connectivity index (χ3v) is 4.57. The maximum absolute atomic E-state index is 13.7. The highest BCUT2D eigenvalue weighted by atomic mass is 19.1. The van der Waals surface area contributed by atoms with Gasteiger partial charge in [0.15, 0.2) is 5.82 Å². The lowest BCUT2D eigenvalue weighted by atomic mass is 9.96. The Labute approximate surface area is 156 Å². The van der Waals surface area contributed by atoms with Crippen molar-refractivity contribution in [3.63, 3.8) is 0 Å². The van der Waals surface area contributed by atoms with Crippen molar-refractivity contribution in [1.29, 1.82) is 0 Å². The minimum absolute atomic E-state index is 0.0190. The molecule has 2 N–H and O–H groups in total. The van der Waals surface area contributed by atoms with Gasteiger partial charge in [0.05, 0.1) is 12.1 Å². The molecule has 1 fully saturated rings. The molecule has 0 spiro atoms. The number of halogens is 1. The third kappa shape index (κ3) is 4.24. The van der Waals surface area contributed by atoms with E-state index in [9.17, 15) is 14.0 Å². The van der Waals surface area contributed by atoms with Gasteiger partial charge in [0.2, 0.25) is 5.91 Å². The van der Waals surface area contributed by atoms with Crippen LogP contribution in [0.5, 0.6) is 0 Å². The number of carbonyl (C=O) groups is 2. The maximum Gasteiger partial charge on any atom is 0.319 e. The second-order valence-corrected chi connectivity index (χ2v) is 6.86. The van der Waals surface area contributed by atoms with Crippen molar-refractivity contribution in [2.45, 2.75) is 25.2 Å². The first kappa shape index (κ1) is 18.8. The van der Waals surface area contributed by atoms with Crippen LogP contribution < -0.4 is 5.73 Å². The highest BCUT2D eigenvalue weighted by molar-refractivity contribution is 5.75. The Morgan fingerprint density at radius 1 is 1.30 bits per heavy atom. The maximum atomic E-state index is 13.7. The number of hydrogen-bond acceptors (Lipinski definition) is 4. The van der Waals surface area contributed by atoms with E-state index < -0.39 is 5.91 Å². The molecule has 3 rings (SSSR count). The van der Waals surface area contributed by atoms with Crippen molar-refractivity contribution in [3.8, 4) is 5.69 Å². The van der Waals surface area contributed by atoms with E-state index in [1.54, 1.807) is 40.7 Å². The summed E-state index contributed by atoms with van der Waals surface area (Å²) >= 11 is 0. The number of hydrogen-bond donors (Lipinski definition) is 1. The van der Waals surface area contributed by atoms with Crippen LogP contribution in [0.1, 0.15) is 30.4 Å². The number of nitrogens with two attached hydrogens (primary N) is 1. The molecule has 0 saturated carbocycles. The van der Waals surface area contributed by atoms with Gasteiger partial charge in [0.1, 0.15) is 11.6 Å². The van der Waals surface area contributed by atoms with Gasteiger partial charge in [-0.3, -0.25) is 4.79 Å². The molecule has 9 heteroatoms. The largest absolute Gasteiger partial charge is 0.369 e. The Bertz CT molecular complexity index is 842. The van der Waals surface area contributed by atoms with Crippen LogP contribution in [0.2, 0.25) is 0 Å². The minimum Gasteiger partial charge on any atom is -0.369 e. The lowest BCUT2D eigenvalue weighted by molar-refractivity contribution is -0.117. The molecule has 2 heterocycles. The Balaban J connectivity index is 1.87. The van der Waals surface area contributed by atoms with Gasteiger partial charge >= 0.3 is 6.03 Å². The van der Waals surface area contributed by atoms with Crippen molar-refractivity contribution in [2.24, 2.45) is 5.73 Å². The van der Waals surface area contributed by atoms with E-state index >= 15 is 0 Å². The zero-order valence-corrected chi connectivity index (χ0v) is 15.4. The van der Waals surface area contributed by atoms with Gasteiger partial charge in [0.25, 0.3) is 0 Å². The zero-order chi connectivity index (χ0) is 19.6. The summed E-state index contributed by atoms with van der Waals surface area (Å²) in [4.78, 5) is 31.2. The third-order valence-electron chi connectivity index (χ3n) is 4.57. The van der Waals surface area contributed by atoms with Crippen molar-refractivity contribution in [2.75, 3.05) is 27.2 Å². The molecule has 1 aromatic heterocycles. The Morgan fingerprint density at radius 2 is 2.00 bits per heavy atom. The standard InChI is InChI=1S/C18H23FN6O2/c1-23(2)18(27)24-8-6-12(7-9-24)17-21-16(11-15(20)26)22-25(17)14-5-3-4-13(19)10-14/h3-5,10,12H,6-9,11H2,1-2H3,(H2,20,26). The second kappa shape index (κ2) is 7.73. The summed E-state index contributed by atoms with van der Waals surface area (Å²) in [6.07, 6.45) is 1.35. The van der Waals surface area contributed by atoms with Crippen LogP contribution in [0.3, 0.4) is 0 Å². The monoisotopic (exact) mass is 374 g/mol. The van der Waals surface area contributed by atoms with Crippen LogP contribution in [-0.2, 0) is 11.2 Å². The lowest BCUT2D eigenvalue weighted by Crippen LogP contribution is -2.43. The first-order chi connectivity index (χ1) is 12.8. The molecule has 27 heavy (non-hydrogen) atoms. The summed E-state index contributed by atoms with van der Waals surface area (Å²) in [5, 5.41) is 4.37. The van der Waals surface area contributed by atoms with Crippen LogP contribution in [0.25, 0.3) is 5.69 Å². The van der Waals surface area contributed by atoms with Crippen molar-refractivity contribution >= 4 is 11.9 Å². The van der Waals surface area contributed by atoms with Gasteiger partial charge < -0.3 is 15.5 Å². The number of likely N-dealkylation sites (tertiary alicyclic amines) is 1. The van der Waals surface area contributed by atoms with Crippen LogP contribution in [0.4, 0.5) is 9.18 Å². The molecule has 1 aliphatic heterocycles. The van der Waals surface area contributed by atoms with Gasteiger partial charge in [-0.2, -0.15) is 5.10 Å². The number of benzene rings is 1. The van der Waals surface area contributed by atoms with Crippen LogP contribution in [0, 0.1) is 5.82 Å². The van der Waals surface area contributed by atoms with E-state index in [1.807, 2.05) is 0 Å². The summed E-state index contributed by atoms with van der Waals surface area (Å²) in [7, 11) is 3.45. The average molecular weight is 374 g/mol. The number of urea groups is 1. The van der Waals surface area contributed by atoms with E-state index in [0.717, 1.165) is 0 Å². The number of amides is 3. The fourth-order valence-electron chi connectivity index (χ4n) is 3.27. The quantitative estimate of drug-likeness (QED) is 0.872. The normalized spacial score (nSPS) is 15.0. The van der Waals surface area contributed by atoms with Crippen LogP contribution in [-0.4, -0.2) is 63.7 Å². The molecule has 1 aromatic carbocycles. The Morgan fingerprint density at radius 3 is 2.59 bits per heavy atom. The van der Waals surface area contributed by atoms with Crippen molar-refractivity contribution < 1.29 is 14.0 Å². The number of aromatic nitrogens is 3. The topological polar surface area (TPSA) is 97.3 Å². The highest BCUT2D eigenvalue weighted by Gasteiger charge is 2.29. The molecular weight excluding hydrogens is 351 g/mol. The molecule has 144 valence electrons. The molecular formula is C18H23FN6O2. The minimum atomic E-state index is -0.524. The van der Waals surface area contributed by atoms with Gasteiger partial charge in [-0.15, -0.1) is 0 Å². The zero-order valence-electron chi connectivity index (χ0n) is 15.4. The van der Waals surface area contributed by atoms with Crippen LogP contribution >= 0.6 is 0 Å². The fourth-order valence-corrected chi connectivity index (χ4v) is 3.27. The summed E-state index contributed by atoms with van der Waals surface area (Å²) in [5.74, 6) is 0.122. The van der Waals surface area contributed by atoms with E-state index in [0.29, 0.717) is 43.3 Å². The molecule has 0 bridgehead atoms. The van der Waals surface area contributed by atoms with Crippen molar-refractivity contribution in [3.05, 3.63) is 41.7 Å². The summed E-state index contributed by atoms with van der Waals surface area (Å²) in [6, 6.07) is 6.05. The predicted octanol–water partition coefficient (Wildman–Crippen LogP) is 1.30. The smallest absolute Gasteiger partial charge is 0.319 e. The average Bonchev–Trinajstić information content (AvgIpc) is 3.04. The first-order valence-electron chi connectivity index (χ1n) is 8.81. The SMILES string of the molecule is CN(C)C(=O)N1CCC(c2nc(CC(N)=O)nn2-c2cccc(F)c2)CC1. The molecule has 0 atom stereocenters. The number of piperidine rings is 1. The lowest BCUT2D eigenvalue weighted by Gasteiger charge is -2.33. The van der Waals surface area contributed by atoms with Gasteiger partial charge in [0, 0.05) is 33.1 Å².